The molecule has 0 aliphatic carbocycles. The van der Waals surface area contributed by atoms with Gasteiger partial charge in [0.15, 0.2) is 0 Å². The Kier molecular flexibility index (Phi) is 3.61. The summed E-state index contributed by atoms with van der Waals surface area (Å²) in [6.07, 6.45) is 0. The number of hydrogen-bond acceptors (Lipinski definition) is 4. The van der Waals surface area contributed by atoms with Gasteiger partial charge in [-0.1, -0.05) is 12.1 Å². The van der Waals surface area contributed by atoms with Crippen LogP contribution in [0, 0.1) is 16.7 Å². The smallest absolute Gasteiger partial charge is 0.216 e. The van der Waals surface area contributed by atoms with Gasteiger partial charge in [-0.3, -0.25) is 10.2 Å². The normalized spacial score (nSPS) is 21.3. The van der Waals surface area contributed by atoms with E-state index in [4.69, 9.17) is 15.5 Å². The summed E-state index contributed by atoms with van der Waals surface area (Å²) in [7, 11) is 1.71. The molecule has 1 saturated heterocycles. The molecule has 0 bridgehead atoms. The average molecular weight is 312 g/mol. The van der Waals surface area contributed by atoms with E-state index in [0.29, 0.717) is 12.2 Å². The van der Waals surface area contributed by atoms with Gasteiger partial charge in [-0.15, -0.1) is 11.3 Å². The summed E-state index contributed by atoms with van der Waals surface area (Å²) in [4.78, 5) is 6.62. The zero-order valence-electron chi connectivity index (χ0n) is 12.4. The van der Waals surface area contributed by atoms with Crippen LogP contribution in [0.25, 0.3) is 11.1 Å². The molecule has 3 rings (SSSR count). The summed E-state index contributed by atoms with van der Waals surface area (Å²) in [5.41, 5.74) is 2.33. The van der Waals surface area contributed by atoms with Gasteiger partial charge in [0.05, 0.1) is 17.2 Å². The first kappa shape index (κ1) is 14.6. The molecule has 1 aliphatic rings. The highest BCUT2D eigenvalue weighted by Gasteiger charge is 2.35. The van der Waals surface area contributed by atoms with Crippen LogP contribution in [0.1, 0.15) is 17.4 Å². The molecule has 1 unspecified atom stereocenters. The molecule has 0 spiro atoms. The largest absolute Gasteiger partial charge is 0.342 e. The molecule has 0 saturated carbocycles. The van der Waals surface area contributed by atoms with E-state index in [1.807, 2.05) is 25.1 Å². The molecule has 6 heteroatoms. The van der Waals surface area contributed by atoms with E-state index in [1.54, 1.807) is 24.5 Å². The van der Waals surface area contributed by atoms with Crippen molar-refractivity contribution in [3.8, 4) is 17.2 Å². The highest BCUT2D eigenvalue weighted by molar-refractivity contribution is 7.10. The van der Waals surface area contributed by atoms with Crippen LogP contribution in [0.4, 0.5) is 0 Å². The first-order chi connectivity index (χ1) is 10.5. The number of hydroxylamine groups is 2. The van der Waals surface area contributed by atoms with E-state index >= 15 is 0 Å². The van der Waals surface area contributed by atoms with Crippen LogP contribution >= 0.6 is 11.3 Å². The van der Waals surface area contributed by atoms with Crippen molar-refractivity contribution >= 4 is 17.3 Å². The second-order valence-corrected chi connectivity index (χ2v) is 6.38. The zero-order valence-corrected chi connectivity index (χ0v) is 13.2. The molecule has 5 nitrogen and oxygen atoms in total. The summed E-state index contributed by atoms with van der Waals surface area (Å²) >= 11 is 1.63. The monoisotopic (exact) mass is 312 g/mol. The highest BCUT2D eigenvalue weighted by atomic mass is 32.1. The Balaban J connectivity index is 1.90. The highest BCUT2D eigenvalue weighted by Crippen LogP contribution is 2.34. The number of nitrogens with one attached hydrogen (secondary N) is 2. The molecule has 112 valence electrons. The van der Waals surface area contributed by atoms with Crippen LogP contribution in [0.5, 0.6) is 0 Å². The first-order valence-corrected chi connectivity index (χ1v) is 7.73. The summed E-state index contributed by atoms with van der Waals surface area (Å²) in [5, 5.41) is 23.6. The van der Waals surface area contributed by atoms with Gasteiger partial charge in [0.2, 0.25) is 5.96 Å². The third-order valence-corrected chi connectivity index (χ3v) is 4.92. The lowest BCUT2D eigenvalue weighted by molar-refractivity contribution is -0.126. The van der Waals surface area contributed by atoms with E-state index in [0.717, 1.165) is 16.0 Å². The number of hydrogen-bond donors (Lipinski definition) is 2. The van der Waals surface area contributed by atoms with Gasteiger partial charge in [0, 0.05) is 11.9 Å². The molecule has 1 fully saturated rings. The zero-order chi connectivity index (χ0) is 15.7. The van der Waals surface area contributed by atoms with Crippen LogP contribution < -0.4 is 5.32 Å². The third kappa shape index (κ3) is 2.56. The number of guanidine groups is 1. The van der Waals surface area contributed by atoms with Crippen LogP contribution in [0.2, 0.25) is 0 Å². The molecule has 1 aromatic carbocycles. The van der Waals surface area contributed by atoms with Crippen LogP contribution in [-0.4, -0.2) is 24.7 Å². The summed E-state index contributed by atoms with van der Waals surface area (Å²) < 4.78 is 0. The van der Waals surface area contributed by atoms with E-state index in [9.17, 15) is 0 Å². The molecule has 0 amide bonds. The second kappa shape index (κ2) is 5.44. The maximum atomic E-state index is 9.01. The molecular weight excluding hydrogens is 296 g/mol. The fraction of sp³-hybridized carbons (Fsp3) is 0.250. The predicted molar refractivity (Wildman–Crippen MR) is 86.4 cm³/mol. The maximum absolute atomic E-state index is 9.01. The van der Waals surface area contributed by atoms with Crippen LogP contribution in [0.3, 0.4) is 0 Å². The van der Waals surface area contributed by atoms with Gasteiger partial charge in [-0.2, -0.15) is 5.26 Å². The maximum Gasteiger partial charge on any atom is 0.216 e. The molecule has 0 radical (unpaired) electrons. The topological polar surface area (TPSA) is 72.1 Å². The van der Waals surface area contributed by atoms with Crippen LogP contribution in [-0.2, 0) is 10.4 Å². The van der Waals surface area contributed by atoms with Gasteiger partial charge < -0.3 is 5.32 Å². The molecule has 22 heavy (non-hydrogen) atoms. The Morgan fingerprint density at radius 3 is 2.95 bits per heavy atom. The third-order valence-electron chi connectivity index (χ3n) is 3.72. The van der Waals surface area contributed by atoms with Crippen molar-refractivity contribution < 1.29 is 4.84 Å². The van der Waals surface area contributed by atoms with E-state index in [-0.39, 0.29) is 5.96 Å². The Labute approximate surface area is 133 Å². The van der Waals surface area contributed by atoms with E-state index in [1.165, 1.54) is 5.06 Å². The van der Waals surface area contributed by atoms with Gasteiger partial charge in [0.1, 0.15) is 6.61 Å². The summed E-state index contributed by atoms with van der Waals surface area (Å²) in [5.74, 6) is 0.246. The Bertz CT molecular complexity index is 764. The Morgan fingerprint density at radius 1 is 1.41 bits per heavy atom. The van der Waals surface area contributed by atoms with Crippen molar-refractivity contribution in [2.45, 2.75) is 12.5 Å². The standard InChI is InChI=1S/C16H16N4OS/c1-16(10-21-20(2)15(18)19-16)14-7-13(9-22-14)12-5-3-4-11(6-12)8-17/h3-7,9H,10H2,1-2H3,(H2,18,19). The molecule has 2 N–H and O–H groups in total. The van der Waals surface area contributed by atoms with Crippen LogP contribution in [0.15, 0.2) is 35.7 Å². The Morgan fingerprint density at radius 2 is 2.23 bits per heavy atom. The molecule has 2 heterocycles. The molecule has 2 aromatic rings. The van der Waals surface area contributed by atoms with Gasteiger partial charge >= 0.3 is 0 Å². The molecule has 1 aliphatic heterocycles. The predicted octanol–water partition coefficient (Wildman–Crippen LogP) is 2.90. The van der Waals surface area contributed by atoms with Crippen molar-refractivity contribution in [2.24, 2.45) is 0 Å². The minimum absolute atomic E-state index is 0.246. The van der Waals surface area contributed by atoms with Gasteiger partial charge in [-0.25, -0.2) is 5.06 Å². The minimum Gasteiger partial charge on any atom is -0.342 e. The SMILES string of the molecule is CN1OCC(C)(c2cc(-c3cccc(C#N)c3)cs2)NC1=N. The van der Waals surface area contributed by atoms with Crippen molar-refractivity contribution in [1.29, 1.82) is 10.7 Å². The number of thiophene rings is 1. The van der Waals surface area contributed by atoms with Crippen molar-refractivity contribution in [3.63, 3.8) is 0 Å². The number of nitriles is 1. The van der Waals surface area contributed by atoms with E-state index in [2.05, 4.69) is 22.8 Å². The quantitative estimate of drug-likeness (QED) is 0.894. The fourth-order valence-corrected chi connectivity index (χ4v) is 3.37. The minimum atomic E-state index is -0.417. The lowest BCUT2D eigenvalue weighted by atomic mass is 9.98. The molecular formula is C16H16N4OS. The lowest BCUT2D eigenvalue weighted by Gasteiger charge is -2.39. The Hall–Kier alpha value is -2.36. The fourth-order valence-electron chi connectivity index (χ4n) is 2.34. The van der Waals surface area contributed by atoms with Crippen molar-refractivity contribution in [2.75, 3.05) is 13.7 Å². The second-order valence-electron chi connectivity index (χ2n) is 5.47. The average Bonchev–Trinajstić information content (AvgIpc) is 3.02. The molecule has 1 atom stereocenters. The number of rotatable bonds is 2. The van der Waals surface area contributed by atoms with Crippen molar-refractivity contribution in [1.82, 2.24) is 10.4 Å². The van der Waals surface area contributed by atoms with Crippen molar-refractivity contribution in [3.05, 3.63) is 46.2 Å². The first-order valence-electron chi connectivity index (χ1n) is 6.85. The lowest BCUT2D eigenvalue weighted by Crippen LogP contribution is -2.57. The van der Waals surface area contributed by atoms with Gasteiger partial charge in [-0.05, 0) is 41.6 Å². The van der Waals surface area contributed by atoms with E-state index < -0.39 is 5.54 Å². The summed E-state index contributed by atoms with van der Waals surface area (Å²) in [6, 6.07) is 11.8. The van der Waals surface area contributed by atoms with Gasteiger partial charge in [0.25, 0.3) is 0 Å². The summed E-state index contributed by atoms with van der Waals surface area (Å²) in [6.45, 7) is 2.49. The molecule has 1 aromatic heterocycles. The number of benzene rings is 1. The number of nitrogens with zero attached hydrogens (tertiary/aromatic N) is 2.